The van der Waals surface area contributed by atoms with Crippen molar-refractivity contribution in [3.8, 4) is 0 Å². The third-order valence-electron chi connectivity index (χ3n) is 2.27. The second-order valence-electron chi connectivity index (χ2n) is 3.62. The molecule has 96 valence electrons. The maximum absolute atomic E-state index is 11.8. The number of thiocarbonyl (C=S) groups is 1. The fourth-order valence-corrected chi connectivity index (χ4v) is 1.77. The van der Waals surface area contributed by atoms with Gasteiger partial charge in [0.2, 0.25) is 0 Å². The Morgan fingerprint density at radius 1 is 1.16 bits per heavy atom. The maximum atomic E-state index is 11.8. The molecule has 2 aromatic rings. The minimum Gasteiger partial charge on any atom is -0.330 e. The van der Waals surface area contributed by atoms with Gasteiger partial charge in [0.25, 0.3) is 5.91 Å². The van der Waals surface area contributed by atoms with Gasteiger partial charge in [-0.05, 0) is 36.5 Å². The number of carbonyl (C=O) groups excluding carboxylic acids is 1. The molecule has 6 heteroatoms. The zero-order chi connectivity index (χ0) is 13.7. The second-order valence-corrected chi connectivity index (χ2v) is 4.38. The third-order valence-corrected chi connectivity index (χ3v) is 2.78. The zero-order valence-electron chi connectivity index (χ0n) is 9.76. The molecule has 1 aromatic heterocycles. The Kier molecular flexibility index (Phi) is 4.43. The minimum atomic E-state index is -0.280. The molecule has 0 saturated heterocycles. The Bertz CT molecular complexity index is 604. The molecule has 0 unspecified atom stereocenters. The SMILES string of the molecule is O=C(NC(=S)Nc1cccnc1Cl)c1ccccc1. The molecule has 1 aromatic carbocycles. The first kappa shape index (κ1) is 13.5. The van der Waals surface area contributed by atoms with Gasteiger partial charge < -0.3 is 5.32 Å². The molecule has 0 fully saturated rings. The average Bonchev–Trinajstić information content (AvgIpc) is 2.42. The summed E-state index contributed by atoms with van der Waals surface area (Å²) in [5, 5.41) is 5.84. The Balaban J connectivity index is 1.99. The van der Waals surface area contributed by atoms with Crippen LogP contribution in [0.3, 0.4) is 0 Å². The number of nitrogens with zero attached hydrogens (tertiary/aromatic N) is 1. The molecule has 4 nitrogen and oxygen atoms in total. The third kappa shape index (κ3) is 3.74. The summed E-state index contributed by atoms with van der Waals surface area (Å²) in [7, 11) is 0. The van der Waals surface area contributed by atoms with Gasteiger partial charge in [0.1, 0.15) is 0 Å². The molecular weight excluding hydrogens is 282 g/mol. The summed E-state index contributed by atoms with van der Waals surface area (Å²) in [4.78, 5) is 15.7. The number of halogens is 1. The molecule has 0 atom stereocenters. The van der Waals surface area contributed by atoms with Crippen LogP contribution in [0.5, 0.6) is 0 Å². The van der Waals surface area contributed by atoms with Crippen LogP contribution in [0, 0.1) is 0 Å². The van der Waals surface area contributed by atoms with Crippen LogP contribution in [0.15, 0.2) is 48.7 Å². The number of rotatable bonds is 2. The summed E-state index contributed by atoms with van der Waals surface area (Å²) >= 11 is 10.9. The van der Waals surface area contributed by atoms with E-state index in [9.17, 15) is 4.79 Å². The van der Waals surface area contributed by atoms with Crippen molar-refractivity contribution in [2.75, 3.05) is 5.32 Å². The highest BCUT2D eigenvalue weighted by atomic mass is 35.5. The Hall–Kier alpha value is -1.98. The highest BCUT2D eigenvalue weighted by Gasteiger charge is 2.08. The van der Waals surface area contributed by atoms with E-state index in [1.807, 2.05) is 6.07 Å². The summed E-state index contributed by atoms with van der Waals surface area (Å²) in [5.41, 5.74) is 1.08. The fourth-order valence-electron chi connectivity index (χ4n) is 1.40. The van der Waals surface area contributed by atoms with Gasteiger partial charge in [0.05, 0.1) is 5.69 Å². The predicted octanol–water partition coefficient (Wildman–Crippen LogP) is 2.86. The average molecular weight is 292 g/mol. The zero-order valence-corrected chi connectivity index (χ0v) is 11.3. The van der Waals surface area contributed by atoms with E-state index >= 15 is 0 Å². The van der Waals surface area contributed by atoms with Crippen LogP contribution in [0.1, 0.15) is 10.4 Å². The molecule has 0 bridgehead atoms. The van der Waals surface area contributed by atoms with Crippen molar-refractivity contribution in [2.45, 2.75) is 0 Å². The fraction of sp³-hybridized carbons (Fsp3) is 0. The van der Waals surface area contributed by atoms with Crippen molar-refractivity contribution in [3.63, 3.8) is 0 Å². The lowest BCUT2D eigenvalue weighted by Crippen LogP contribution is -2.34. The van der Waals surface area contributed by atoms with Crippen LogP contribution in [-0.2, 0) is 0 Å². The van der Waals surface area contributed by atoms with Gasteiger partial charge >= 0.3 is 0 Å². The van der Waals surface area contributed by atoms with E-state index in [4.69, 9.17) is 23.8 Å². The van der Waals surface area contributed by atoms with Gasteiger partial charge in [0.15, 0.2) is 10.3 Å². The number of hydrogen-bond acceptors (Lipinski definition) is 3. The van der Waals surface area contributed by atoms with Crippen molar-refractivity contribution in [1.82, 2.24) is 10.3 Å². The quantitative estimate of drug-likeness (QED) is 0.660. The number of benzene rings is 1. The van der Waals surface area contributed by atoms with E-state index in [1.165, 1.54) is 0 Å². The summed E-state index contributed by atoms with van der Waals surface area (Å²) in [6, 6.07) is 12.2. The van der Waals surface area contributed by atoms with Gasteiger partial charge in [-0.1, -0.05) is 29.8 Å². The maximum Gasteiger partial charge on any atom is 0.257 e. The Morgan fingerprint density at radius 3 is 2.58 bits per heavy atom. The number of nitrogens with one attached hydrogen (secondary N) is 2. The predicted molar refractivity (Wildman–Crippen MR) is 79.4 cm³/mol. The van der Waals surface area contributed by atoms with Crippen LogP contribution in [0.2, 0.25) is 5.15 Å². The molecule has 19 heavy (non-hydrogen) atoms. The first-order chi connectivity index (χ1) is 9.16. The van der Waals surface area contributed by atoms with Crippen molar-refractivity contribution < 1.29 is 4.79 Å². The molecule has 0 radical (unpaired) electrons. The number of aromatic nitrogens is 1. The van der Waals surface area contributed by atoms with E-state index in [0.29, 0.717) is 16.4 Å². The normalized spacial score (nSPS) is 9.74. The summed E-state index contributed by atoms with van der Waals surface area (Å²) in [6.07, 6.45) is 1.57. The topological polar surface area (TPSA) is 54.0 Å². The first-order valence-electron chi connectivity index (χ1n) is 5.45. The summed E-state index contributed by atoms with van der Waals surface area (Å²) in [6.45, 7) is 0. The molecule has 0 aliphatic heterocycles. The van der Waals surface area contributed by atoms with Gasteiger partial charge in [-0.25, -0.2) is 4.98 Å². The summed E-state index contributed by atoms with van der Waals surface area (Å²) in [5.74, 6) is -0.280. The minimum absolute atomic E-state index is 0.170. The van der Waals surface area contributed by atoms with Crippen LogP contribution < -0.4 is 10.6 Å². The number of hydrogen-bond donors (Lipinski definition) is 2. The molecule has 2 rings (SSSR count). The van der Waals surface area contributed by atoms with Crippen LogP contribution >= 0.6 is 23.8 Å². The van der Waals surface area contributed by atoms with E-state index < -0.39 is 0 Å². The number of amides is 1. The molecule has 0 saturated carbocycles. The van der Waals surface area contributed by atoms with Gasteiger partial charge in [-0.15, -0.1) is 0 Å². The molecular formula is C13H10ClN3OS. The van der Waals surface area contributed by atoms with Crippen molar-refractivity contribution in [2.24, 2.45) is 0 Å². The highest BCUT2D eigenvalue weighted by Crippen LogP contribution is 2.17. The smallest absolute Gasteiger partial charge is 0.257 e. The molecule has 0 aliphatic carbocycles. The highest BCUT2D eigenvalue weighted by molar-refractivity contribution is 7.80. The monoisotopic (exact) mass is 291 g/mol. The Labute approximate surface area is 120 Å². The number of carbonyl (C=O) groups is 1. The van der Waals surface area contributed by atoms with Crippen LogP contribution in [-0.4, -0.2) is 16.0 Å². The van der Waals surface area contributed by atoms with Gasteiger partial charge in [0, 0.05) is 11.8 Å². The lowest BCUT2D eigenvalue weighted by molar-refractivity contribution is 0.0978. The second kappa shape index (κ2) is 6.26. The molecule has 1 heterocycles. The largest absolute Gasteiger partial charge is 0.330 e. The first-order valence-corrected chi connectivity index (χ1v) is 6.23. The van der Waals surface area contributed by atoms with E-state index in [0.717, 1.165) is 0 Å². The lowest BCUT2D eigenvalue weighted by atomic mass is 10.2. The molecule has 0 aliphatic rings. The van der Waals surface area contributed by atoms with Crippen molar-refractivity contribution in [1.29, 1.82) is 0 Å². The number of pyridine rings is 1. The van der Waals surface area contributed by atoms with E-state index in [1.54, 1.807) is 42.6 Å². The molecule has 2 N–H and O–H groups in total. The standard InChI is InChI=1S/C13H10ClN3OS/c14-11-10(7-4-8-15-11)16-13(19)17-12(18)9-5-2-1-3-6-9/h1-8H,(H2,16,17,18,19). The molecule has 0 spiro atoms. The van der Waals surface area contributed by atoms with Crippen LogP contribution in [0.25, 0.3) is 0 Å². The lowest BCUT2D eigenvalue weighted by Gasteiger charge is -2.10. The molecule has 1 amide bonds. The van der Waals surface area contributed by atoms with Gasteiger partial charge in [-0.3, -0.25) is 10.1 Å². The van der Waals surface area contributed by atoms with Gasteiger partial charge in [-0.2, -0.15) is 0 Å². The van der Waals surface area contributed by atoms with E-state index in [2.05, 4.69) is 15.6 Å². The van der Waals surface area contributed by atoms with E-state index in [-0.39, 0.29) is 11.0 Å². The summed E-state index contributed by atoms with van der Waals surface area (Å²) < 4.78 is 0. The van der Waals surface area contributed by atoms with Crippen molar-refractivity contribution in [3.05, 3.63) is 59.4 Å². The van der Waals surface area contributed by atoms with Crippen LogP contribution in [0.4, 0.5) is 5.69 Å². The Morgan fingerprint density at radius 2 is 1.89 bits per heavy atom. The van der Waals surface area contributed by atoms with Crippen molar-refractivity contribution >= 4 is 40.5 Å². The number of anilines is 1.